The standard InChI is InChI=1S/C77H130O6/c1-4-7-10-13-15-17-19-21-23-25-27-29-31-33-34-35-36-37-38-39-40-41-42-44-45-47-49-51-53-55-57-59-61-64-67-70-76(79)82-73-74(72-81-75(78)69-66-63-12-9-6-3)83-77(80)71-68-65-62-60-58-56-54-52-50-48-46-43-32-30-28-26-24-22-20-18-16-14-11-8-5-2/h7,10,15,17,20-23,26-29,32-34,36-37,39-40,43,74H,4-6,8-9,11-14,16,18-19,24-25,30-31,35,38,41-42,44-73H2,1-3H3/b10-7-,17-15-,22-20-,23-21-,28-26-,29-27-,34-33-,37-36-,40-39-,43-32-. The number of carbonyl (C=O) groups excluding carboxylic acids is 3. The van der Waals surface area contributed by atoms with Gasteiger partial charge in [-0.05, 0) is 116 Å². The molecule has 0 spiro atoms. The lowest BCUT2D eigenvalue weighted by Crippen LogP contribution is -2.30. The van der Waals surface area contributed by atoms with Gasteiger partial charge in [-0.1, -0.05) is 316 Å². The molecule has 6 heteroatoms. The Kier molecular flexibility index (Phi) is 66.7. The van der Waals surface area contributed by atoms with Crippen molar-refractivity contribution in [3.05, 3.63) is 122 Å². The fourth-order valence-corrected chi connectivity index (χ4v) is 9.73. The average Bonchev–Trinajstić information content (AvgIpc) is 3.49. The van der Waals surface area contributed by atoms with Crippen molar-refractivity contribution >= 4 is 17.9 Å². The summed E-state index contributed by atoms with van der Waals surface area (Å²) in [5.41, 5.74) is 0. The van der Waals surface area contributed by atoms with Crippen molar-refractivity contribution in [3.63, 3.8) is 0 Å². The Hall–Kier alpha value is -4.19. The summed E-state index contributed by atoms with van der Waals surface area (Å²) in [6.07, 6.45) is 98.4. The molecule has 6 nitrogen and oxygen atoms in total. The molecule has 474 valence electrons. The topological polar surface area (TPSA) is 78.9 Å². The Morgan fingerprint density at radius 1 is 0.253 bits per heavy atom. The van der Waals surface area contributed by atoms with Crippen molar-refractivity contribution < 1.29 is 28.6 Å². The van der Waals surface area contributed by atoms with Crippen molar-refractivity contribution in [2.45, 2.75) is 335 Å². The van der Waals surface area contributed by atoms with Crippen LogP contribution >= 0.6 is 0 Å². The Morgan fingerprint density at radius 3 is 0.735 bits per heavy atom. The van der Waals surface area contributed by atoms with Crippen LogP contribution in [0.2, 0.25) is 0 Å². The van der Waals surface area contributed by atoms with E-state index in [0.717, 1.165) is 122 Å². The molecule has 0 amide bonds. The number of unbranched alkanes of at least 4 members (excludes halogenated alkanes) is 32. The highest BCUT2D eigenvalue weighted by Gasteiger charge is 2.19. The van der Waals surface area contributed by atoms with Gasteiger partial charge in [0, 0.05) is 19.3 Å². The summed E-state index contributed by atoms with van der Waals surface area (Å²) < 4.78 is 16.8. The molecule has 0 radical (unpaired) electrons. The molecule has 0 aromatic rings. The highest BCUT2D eigenvalue weighted by atomic mass is 16.6. The number of rotatable bonds is 63. The third-order valence-corrected chi connectivity index (χ3v) is 15.0. The second kappa shape index (κ2) is 70.3. The zero-order valence-corrected chi connectivity index (χ0v) is 54.4. The molecule has 1 unspecified atom stereocenters. The first-order chi connectivity index (χ1) is 41.0. The van der Waals surface area contributed by atoms with Crippen LogP contribution in [-0.4, -0.2) is 37.2 Å². The maximum absolute atomic E-state index is 12.9. The first-order valence-corrected chi connectivity index (χ1v) is 35.0. The second-order valence-electron chi connectivity index (χ2n) is 23.1. The van der Waals surface area contributed by atoms with E-state index in [1.807, 2.05) is 0 Å². The number of esters is 3. The van der Waals surface area contributed by atoms with Crippen LogP contribution < -0.4 is 0 Å². The lowest BCUT2D eigenvalue weighted by molar-refractivity contribution is -0.167. The molecule has 83 heavy (non-hydrogen) atoms. The lowest BCUT2D eigenvalue weighted by Gasteiger charge is -2.18. The molecule has 0 aliphatic rings. The van der Waals surface area contributed by atoms with Gasteiger partial charge in [-0.2, -0.15) is 0 Å². The van der Waals surface area contributed by atoms with Crippen molar-refractivity contribution in [1.82, 2.24) is 0 Å². The predicted molar refractivity (Wildman–Crippen MR) is 362 cm³/mol. The summed E-state index contributed by atoms with van der Waals surface area (Å²) in [6, 6.07) is 0. The van der Waals surface area contributed by atoms with Crippen LogP contribution in [-0.2, 0) is 28.6 Å². The Bertz CT molecular complexity index is 1700. The molecule has 0 saturated heterocycles. The molecule has 0 rings (SSSR count). The summed E-state index contributed by atoms with van der Waals surface area (Å²) in [5, 5.41) is 0. The van der Waals surface area contributed by atoms with Gasteiger partial charge in [-0.15, -0.1) is 0 Å². The number of hydrogen-bond donors (Lipinski definition) is 0. The Labute approximate surface area is 513 Å². The van der Waals surface area contributed by atoms with E-state index < -0.39 is 6.10 Å². The van der Waals surface area contributed by atoms with E-state index in [-0.39, 0.29) is 31.1 Å². The van der Waals surface area contributed by atoms with Crippen molar-refractivity contribution in [2.24, 2.45) is 0 Å². The molecule has 0 aromatic heterocycles. The largest absolute Gasteiger partial charge is 0.462 e. The van der Waals surface area contributed by atoms with Crippen LogP contribution in [0.25, 0.3) is 0 Å². The van der Waals surface area contributed by atoms with Crippen molar-refractivity contribution in [2.75, 3.05) is 13.2 Å². The van der Waals surface area contributed by atoms with Crippen LogP contribution in [0, 0.1) is 0 Å². The van der Waals surface area contributed by atoms with Gasteiger partial charge in [0.1, 0.15) is 13.2 Å². The van der Waals surface area contributed by atoms with Crippen LogP contribution in [0.1, 0.15) is 329 Å². The van der Waals surface area contributed by atoms with Gasteiger partial charge < -0.3 is 14.2 Å². The summed E-state index contributed by atoms with van der Waals surface area (Å²) in [6.45, 7) is 6.45. The van der Waals surface area contributed by atoms with E-state index in [1.54, 1.807) is 0 Å². The van der Waals surface area contributed by atoms with Gasteiger partial charge in [0.25, 0.3) is 0 Å². The summed E-state index contributed by atoms with van der Waals surface area (Å²) in [5.74, 6) is -0.890. The molecule has 0 aliphatic heterocycles. The van der Waals surface area contributed by atoms with Crippen molar-refractivity contribution in [3.8, 4) is 0 Å². The molecular formula is C77H130O6. The number of hydrogen-bond acceptors (Lipinski definition) is 6. The SMILES string of the molecule is CC/C=C\C/C=C\C/C=C\C/C=C\C/C=C\C/C=C\C/C=C\CCCCCCCCCCCCCCCC(=O)OCC(COC(=O)CCCCCCC)OC(=O)CCCCCCCCCCCC/C=C\C/C=C\C/C=C\CCCCCCC. The highest BCUT2D eigenvalue weighted by Crippen LogP contribution is 2.17. The first kappa shape index (κ1) is 78.8. The summed E-state index contributed by atoms with van der Waals surface area (Å²) in [4.78, 5) is 38.0. The normalized spacial score (nSPS) is 12.9. The van der Waals surface area contributed by atoms with Crippen LogP contribution in [0.3, 0.4) is 0 Å². The Morgan fingerprint density at radius 2 is 0.470 bits per heavy atom. The molecule has 0 bridgehead atoms. The van der Waals surface area contributed by atoms with Gasteiger partial charge in [0.2, 0.25) is 0 Å². The third-order valence-electron chi connectivity index (χ3n) is 15.0. The molecular weight excluding hydrogens is 1020 g/mol. The lowest BCUT2D eigenvalue weighted by atomic mass is 10.0. The fourth-order valence-electron chi connectivity index (χ4n) is 9.73. The smallest absolute Gasteiger partial charge is 0.306 e. The van der Waals surface area contributed by atoms with E-state index in [0.29, 0.717) is 19.3 Å². The maximum Gasteiger partial charge on any atom is 0.306 e. The van der Waals surface area contributed by atoms with Crippen molar-refractivity contribution in [1.29, 1.82) is 0 Å². The first-order valence-electron chi connectivity index (χ1n) is 35.0. The molecule has 0 fully saturated rings. The zero-order valence-electron chi connectivity index (χ0n) is 54.4. The van der Waals surface area contributed by atoms with Gasteiger partial charge in [-0.25, -0.2) is 0 Å². The predicted octanol–water partition coefficient (Wildman–Crippen LogP) is 24.3. The number of allylic oxidation sites excluding steroid dienone is 20. The molecule has 0 heterocycles. The minimum Gasteiger partial charge on any atom is -0.462 e. The quantitative estimate of drug-likeness (QED) is 0.0261. The number of carbonyl (C=O) groups is 3. The fraction of sp³-hybridized carbons (Fsp3) is 0.701. The highest BCUT2D eigenvalue weighted by molar-refractivity contribution is 5.71. The van der Waals surface area contributed by atoms with Gasteiger partial charge >= 0.3 is 17.9 Å². The molecule has 1 atom stereocenters. The van der Waals surface area contributed by atoms with E-state index in [2.05, 4.69) is 142 Å². The van der Waals surface area contributed by atoms with E-state index in [9.17, 15) is 14.4 Å². The Balaban J connectivity index is 4.00. The van der Waals surface area contributed by atoms with Gasteiger partial charge in [0.15, 0.2) is 6.10 Å². The number of ether oxygens (including phenoxy) is 3. The van der Waals surface area contributed by atoms with Gasteiger partial charge in [0.05, 0.1) is 0 Å². The van der Waals surface area contributed by atoms with E-state index in [1.165, 1.54) is 167 Å². The zero-order chi connectivity index (χ0) is 59.9. The van der Waals surface area contributed by atoms with Crippen LogP contribution in [0.4, 0.5) is 0 Å². The third kappa shape index (κ3) is 68.5. The minimum atomic E-state index is -0.779. The molecule has 0 N–H and O–H groups in total. The maximum atomic E-state index is 12.9. The molecule has 0 aromatic carbocycles. The van der Waals surface area contributed by atoms with Gasteiger partial charge in [-0.3, -0.25) is 14.4 Å². The average molecular weight is 1150 g/mol. The summed E-state index contributed by atoms with van der Waals surface area (Å²) >= 11 is 0. The minimum absolute atomic E-state index is 0.0794. The molecule has 0 saturated carbocycles. The monoisotopic (exact) mass is 1150 g/mol. The molecule has 0 aliphatic carbocycles. The second-order valence-corrected chi connectivity index (χ2v) is 23.1. The van der Waals surface area contributed by atoms with Crippen LogP contribution in [0.15, 0.2) is 122 Å². The summed E-state index contributed by atoms with van der Waals surface area (Å²) in [7, 11) is 0. The van der Waals surface area contributed by atoms with E-state index in [4.69, 9.17) is 14.2 Å². The van der Waals surface area contributed by atoms with Crippen LogP contribution in [0.5, 0.6) is 0 Å². The van der Waals surface area contributed by atoms with E-state index >= 15 is 0 Å².